The van der Waals surface area contributed by atoms with Crippen LogP contribution in [0.1, 0.15) is 64.1 Å². The molecule has 0 fully saturated rings. The van der Waals surface area contributed by atoms with Gasteiger partial charge in [0.05, 0.1) is 18.1 Å². The Kier molecular flexibility index (Phi) is 7.00. The molecule has 0 aliphatic carbocycles. The molecule has 3 nitrogen and oxygen atoms in total. The molecule has 0 saturated heterocycles. The summed E-state index contributed by atoms with van der Waals surface area (Å²) in [6, 6.07) is 24.2. The molecule has 0 radical (unpaired) electrons. The fourth-order valence-corrected chi connectivity index (χ4v) is 8.88. The molecule has 3 aromatic carbocycles. The monoisotopic (exact) mass is 462 g/mol. The second kappa shape index (κ2) is 9.77. The van der Waals surface area contributed by atoms with Crippen molar-refractivity contribution >= 4 is 12.7 Å². The van der Waals surface area contributed by atoms with Gasteiger partial charge < -0.3 is 9.26 Å². The van der Waals surface area contributed by atoms with Crippen LogP contribution in [0, 0.1) is 5.41 Å². The number of benzene rings is 3. The molecule has 0 N–H and O–H groups in total. The first-order valence-electron chi connectivity index (χ1n) is 12.1. The maximum Gasteiger partial charge on any atom is 0.285 e. The van der Waals surface area contributed by atoms with E-state index in [-0.39, 0.29) is 11.1 Å². The second-order valence-corrected chi connectivity index (χ2v) is 11.8. The van der Waals surface area contributed by atoms with Gasteiger partial charge in [-0.05, 0) is 53.6 Å². The Morgan fingerprint density at radius 1 is 0.879 bits per heavy atom. The van der Waals surface area contributed by atoms with E-state index < -0.39 is 7.37 Å². The highest BCUT2D eigenvalue weighted by Gasteiger charge is 2.51. The lowest BCUT2D eigenvalue weighted by Gasteiger charge is -2.44. The van der Waals surface area contributed by atoms with Crippen molar-refractivity contribution in [1.82, 2.24) is 0 Å². The molecule has 0 bridgehead atoms. The Morgan fingerprint density at radius 3 is 2.21 bits per heavy atom. The average Bonchev–Trinajstić information content (AvgIpc) is 2.84. The number of ether oxygens (including phenoxy) is 1. The molecule has 0 saturated carbocycles. The smallest absolute Gasteiger partial charge is 0.285 e. The first-order chi connectivity index (χ1) is 16.0. The number of unbranched alkanes of at least 4 members (excludes halogenated alkanes) is 1. The normalized spacial score (nSPS) is 19.5. The van der Waals surface area contributed by atoms with E-state index in [0.717, 1.165) is 59.8 Å². The van der Waals surface area contributed by atoms with Gasteiger partial charge >= 0.3 is 0 Å². The fraction of sp³-hybridized carbons (Fsp3) is 0.379. The SMILES string of the molecule is CCCCC(C)(CCC)C(c1ccc(OC)cc1)P1(=O)Oc2ccccc2-c2ccccc21. The predicted octanol–water partition coefficient (Wildman–Crippen LogP) is 8.40. The number of hydrogen-bond donors (Lipinski definition) is 0. The van der Waals surface area contributed by atoms with Gasteiger partial charge in [-0.1, -0.05) is 88.6 Å². The minimum absolute atomic E-state index is 0.172. The Morgan fingerprint density at radius 2 is 1.55 bits per heavy atom. The van der Waals surface area contributed by atoms with Crippen LogP contribution in [0.25, 0.3) is 11.1 Å². The number of fused-ring (bicyclic) bond motifs is 3. The molecule has 1 heterocycles. The summed E-state index contributed by atoms with van der Waals surface area (Å²) in [5.41, 5.74) is 2.67. The molecular formula is C29H35O3P. The summed E-state index contributed by atoms with van der Waals surface area (Å²) in [4.78, 5) is 0. The topological polar surface area (TPSA) is 35.5 Å². The predicted molar refractivity (Wildman–Crippen MR) is 138 cm³/mol. The maximum atomic E-state index is 15.3. The van der Waals surface area contributed by atoms with Crippen molar-refractivity contribution in [3.05, 3.63) is 78.4 Å². The first kappa shape index (κ1) is 23.6. The molecule has 174 valence electrons. The van der Waals surface area contributed by atoms with Gasteiger partial charge in [0.2, 0.25) is 0 Å². The highest BCUT2D eigenvalue weighted by Crippen LogP contribution is 2.70. The Hall–Kier alpha value is -2.51. The number of rotatable bonds is 9. The summed E-state index contributed by atoms with van der Waals surface area (Å²) in [6.45, 7) is 6.75. The molecule has 3 aromatic rings. The largest absolute Gasteiger partial charge is 0.497 e. The molecular weight excluding hydrogens is 427 g/mol. The van der Waals surface area contributed by atoms with Gasteiger partial charge in [-0.15, -0.1) is 0 Å². The molecule has 0 amide bonds. The zero-order chi connectivity index (χ0) is 23.5. The minimum Gasteiger partial charge on any atom is -0.497 e. The standard InChI is InChI=1S/C29H35O3P/c1-5-7-21-29(3,20-6-2)28(22-16-18-23(31-4)19-17-22)33(30)27-15-11-9-13-25(27)24-12-8-10-14-26(24)32-33/h8-19,28H,5-7,20-21H2,1-4H3. The molecule has 4 heteroatoms. The summed E-state index contributed by atoms with van der Waals surface area (Å²) >= 11 is 0. The Balaban J connectivity index is 1.96. The minimum atomic E-state index is -3.32. The van der Waals surface area contributed by atoms with Gasteiger partial charge in [0.15, 0.2) is 0 Å². The highest BCUT2D eigenvalue weighted by atomic mass is 31.2. The summed E-state index contributed by atoms with van der Waals surface area (Å²) in [5.74, 6) is 1.52. The average molecular weight is 463 g/mol. The third-order valence-electron chi connectivity index (χ3n) is 7.01. The van der Waals surface area contributed by atoms with Crippen LogP contribution >= 0.6 is 7.37 Å². The van der Waals surface area contributed by atoms with Crippen LogP contribution in [0.3, 0.4) is 0 Å². The van der Waals surface area contributed by atoms with Crippen molar-refractivity contribution < 1.29 is 13.8 Å². The van der Waals surface area contributed by atoms with Gasteiger partial charge in [-0.2, -0.15) is 0 Å². The Labute approximate surface area is 198 Å². The first-order valence-corrected chi connectivity index (χ1v) is 13.8. The van der Waals surface area contributed by atoms with Crippen LogP contribution in [-0.2, 0) is 4.57 Å². The molecule has 3 unspecified atom stereocenters. The van der Waals surface area contributed by atoms with Gasteiger partial charge in [-0.3, -0.25) is 4.57 Å². The summed E-state index contributed by atoms with van der Waals surface area (Å²) in [5, 5.41) is 0.836. The lowest BCUT2D eigenvalue weighted by Crippen LogP contribution is -2.32. The van der Waals surface area contributed by atoms with Crippen molar-refractivity contribution in [3.63, 3.8) is 0 Å². The number of hydrogen-bond acceptors (Lipinski definition) is 3. The molecule has 1 aliphatic heterocycles. The lowest BCUT2D eigenvalue weighted by molar-refractivity contribution is 0.237. The van der Waals surface area contributed by atoms with Crippen molar-refractivity contribution in [1.29, 1.82) is 0 Å². The zero-order valence-electron chi connectivity index (χ0n) is 20.2. The van der Waals surface area contributed by atoms with E-state index in [9.17, 15) is 0 Å². The van der Waals surface area contributed by atoms with E-state index >= 15 is 4.57 Å². The maximum absolute atomic E-state index is 15.3. The van der Waals surface area contributed by atoms with Crippen LogP contribution in [0.4, 0.5) is 0 Å². The highest BCUT2D eigenvalue weighted by molar-refractivity contribution is 7.68. The number of methoxy groups -OCH3 is 1. The molecule has 33 heavy (non-hydrogen) atoms. The molecule has 3 atom stereocenters. The van der Waals surface area contributed by atoms with Gasteiger partial charge in [0.1, 0.15) is 11.5 Å². The summed E-state index contributed by atoms with van der Waals surface area (Å²) in [6.07, 6.45) is 5.23. The second-order valence-electron chi connectivity index (χ2n) is 9.38. The zero-order valence-corrected chi connectivity index (χ0v) is 21.1. The quantitative estimate of drug-likeness (QED) is 0.300. The van der Waals surface area contributed by atoms with E-state index in [4.69, 9.17) is 9.26 Å². The van der Waals surface area contributed by atoms with Gasteiger partial charge in [0.25, 0.3) is 7.37 Å². The molecule has 4 rings (SSSR count). The lowest BCUT2D eigenvalue weighted by atomic mass is 9.75. The third kappa shape index (κ3) is 4.36. The van der Waals surface area contributed by atoms with Crippen LogP contribution in [-0.4, -0.2) is 7.11 Å². The third-order valence-corrected chi connectivity index (χ3v) is 10.1. The van der Waals surface area contributed by atoms with Crippen LogP contribution in [0.2, 0.25) is 0 Å². The molecule has 0 aromatic heterocycles. The van der Waals surface area contributed by atoms with Crippen LogP contribution in [0.5, 0.6) is 11.5 Å². The summed E-state index contributed by atoms with van der Waals surface area (Å²) in [7, 11) is -1.65. The van der Waals surface area contributed by atoms with E-state index in [1.54, 1.807) is 7.11 Å². The van der Waals surface area contributed by atoms with Crippen molar-refractivity contribution in [2.45, 2.75) is 58.5 Å². The van der Waals surface area contributed by atoms with Crippen LogP contribution < -0.4 is 14.6 Å². The van der Waals surface area contributed by atoms with Gasteiger partial charge in [0, 0.05) is 5.56 Å². The van der Waals surface area contributed by atoms with E-state index in [1.807, 2.05) is 48.5 Å². The number of para-hydroxylation sites is 1. The fourth-order valence-electron chi connectivity index (χ4n) is 5.47. The van der Waals surface area contributed by atoms with Gasteiger partial charge in [-0.25, -0.2) is 0 Å². The van der Waals surface area contributed by atoms with Crippen molar-refractivity contribution in [2.75, 3.05) is 7.11 Å². The Bertz CT molecular complexity index is 1140. The van der Waals surface area contributed by atoms with E-state index in [1.165, 1.54) is 0 Å². The van der Waals surface area contributed by atoms with Crippen molar-refractivity contribution in [2.24, 2.45) is 5.41 Å². The summed E-state index contributed by atoms with van der Waals surface area (Å²) < 4.78 is 27.3. The molecule has 0 spiro atoms. The van der Waals surface area contributed by atoms with Crippen molar-refractivity contribution in [3.8, 4) is 22.6 Å². The van der Waals surface area contributed by atoms with E-state index in [0.29, 0.717) is 5.75 Å². The molecule has 1 aliphatic rings. The van der Waals surface area contributed by atoms with E-state index in [2.05, 4.69) is 45.0 Å². The van der Waals surface area contributed by atoms with Crippen LogP contribution in [0.15, 0.2) is 72.8 Å².